The molecular formula is C9H15NO2. The standard InChI is InChI=1S/C9H15NO2/c1-7(2)9(12)10-5-3-4-8(10)6-11/h8,11H,1,3-6H2,2H3/t8-/m0/s1. The van der Waals surface area contributed by atoms with E-state index in [2.05, 4.69) is 6.58 Å². The fourth-order valence-electron chi connectivity index (χ4n) is 1.54. The second kappa shape index (κ2) is 3.72. The van der Waals surface area contributed by atoms with E-state index in [1.807, 2.05) is 0 Å². The first-order valence-corrected chi connectivity index (χ1v) is 4.24. The first kappa shape index (κ1) is 9.26. The molecule has 1 aliphatic heterocycles. The van der Waals surface area contributed by atoms with E-state index in [9.17, 15) is 4.79 Å². The van der Waals surface area contributed by atoms with Crippen LogP contribution in [0.4, 0.5) is 0 Å². The first-order valence-electron chi connectivity index (χ1n) is 4.24. The van der Waals surface area contributed by atoms with Crippen LogP contribution in [0.2, 0.25) is 0 Å². The summed E-state index contributed by atoms with van der Waals surface area (Å²) in [6.45, 7) is 6.13. The fraction of sp³-hybridized carbons (Fsp3) is 0.667. The minimum atomic E-state index is -0.0217. The van der Waals surface area contributed by atoms with E-state index in [0.29, 0.717) is 5.57 Å². The third-order valence-electron chi connectivity index (χ3n) is 2.21. The quantitative estimate of drug-likeness (QED) is 0.613. The van der Waals surface area contributed by atoms with Crippen molar-refractivity contribution >= 4 is 5.91 Å². The number of aliphatic hydroxyl groups is 1. The SMILES string of the molecule is C=C(C)C(=O)N1CCC[C@H]1CO. The van der Waals surface area contributed by atoms with E-state index in [4.69, 9.17) is 5.11 Å². The van der Waals surface area contributed by atoms with Gasteiger partial charge >= 0.3 is 0 Å². The van der Waals surface area contributed by atoms with Crippen LogP contribution in [0.3, 0.4) is 0 Å². The van der Waals surface area contributed by atoms with E-state index in [1.165, 1.54) is 0 Å². The summed E-state index contributed by atoms with van der Waals surface area (Å²) >= 11 is 0. The molecule has 0 aromatic rings. The Labute approximate surface area is 72.7 Å². The molecule has 1 fully saturated rings. The molecule has 1 atom stereocenters. The number of carbonyl (C=O) groups is 1. The van der Waals surface area contributed by atoms with Crippen LogP contribution < -0.4 is 0 Å². The molecule has 3 nitrogen and oxygen atoms in total. The molecular weight excluding hydrogens is 154 g/mol. The van der Waals surface area contributed by atoms with Crippen LogP contribution in [0.5, 0.6) is 0 Å². The van der Waals surface area contributed by atoms with Crippen LogP contribution in [0.15, 0.2) is 12.2 Å². The Bertz CT molecular complexity index is 201. The number of amides is 1. The highest BCUT2D eigenvalue weighted by molar-refractivity contribution is 5.92. The van der Waals surface area contributed by atoms with Crippen molar-refractivity contribution in [3.63, 3.8) is 0 Å². The van der Waals surface area contributed by atoms with Gasteiger partial charge in [-0.3, -0.25) is 4.79 Å². The van der Waals surface area contributed by atoms with Crippen LogP contribution >= 0.6 is 0 Å². The Kier molecular flexibility index (Phi) is 2.87. The molecule has 0 unspecified atom stereocenters. The zero-order chi connectivity index (χ0) is 9.14. The number of hydrogen-bond donors (Lipinski definition) is 1. The minimum Gasteiger partial charge on any atom is -0.394 e. The van der Waals surface area contributed by atoms with Crippen LogP contribution in [-0.4, -0.2) is 35.1 Å². The monoisotopic (exact) mass is 169 g/mol. The smallest absolute Gasteiger partial charge is 0.249 e. The average Bonchev–Trinajstić information content (AvgIpc) is 2.49. The fourth-order valence-corrected chi connectivity index (χ4v) is 1.54. The van der Waals surface area contributed by atoms with E-state index in [0.717, 1.165) is 19.4 Å². The lowest BCUT2D eigenvalue weighted by molar-refractivity contribution is -0.128. The van der Waals surface area contributed by atoms with Gasteiger partial charge in [-0.15, -0.1) is 0 Å². The number of nitrogens with zero attached hydrogens (tertiary/aromatic N) is 1. The minimum absolute atomic E-state index is 0.0217. The Morgan fingerprint density at radius 2 is 2.42 bits per heavy atom. The van der Waals surface area contributed by atoms with Crippen molar-refractivity contribution < 1.29 is 9.90 Å². The third kappa shape index (κ3) is 1.67. The molecule has 1 rings (SSSR count). The van der Waals surface area contributed by atoms with Gasteiger partial charge in [-0.2, -0.15) is 0 Å². The highest BCUT2D eigenvalue weighted by Crippen LogP contribution is 2.18. The Morgan fingerprint density at radius 1 is 1.75 bits per heavy atom. The molecule has 1 N–H and O–H groups in total. The molecule has 0 bridgehead atoms. The molecule has 1 heterocycles. The molecule has 1 saturated heterocycles. The summed E-state index contributed by atoms with van der Waals surface area (Å²) in [6.07, 6.45) is 1.90. The van der Waals surface area contributed by atoms with Crippen LogP contribution in [0, 0.1) is 0 Å². The van der Waals surface area contributed by atoms with Crippen molar-refractivity contribution in [1.82, 2.24) is 4.90 Å². The predicted molar refractivity (Wildman–Crippen MR) is 46.6 cm³/mol. The number of likely N-dealkylation sites (tertiary alicyclic amines) is 1. The van der Waals surface area contributed by atoms with Gasteiger partial charge in [-0.25, -0.2) is 0 Å². The van der Waals surface area contributed by atoms with Crippen molar-refractivity contribution in [2.45, 2.75) is 25.8 Å². The lowest BCUT2D eigenvalue weighted by Gasteiger charge is -2.22. The molecule has 3 heteroatoms. The van der Waals surface area contributed by atoms with Crippen LogP contribution in [0.25, 0.3) is 0 Å². The molecule has 68 valence electrons. The van der Waals surface area contributed by atoms with Crippen molar-refractivity contribution in [2.24, 2.45) is 0 Å². The van der Waals surface area contributed by atoms with Gasteiger partial charge in [0.15, 0.2) is 0 Å². The van der Waals surface area contributed by atoms with Crippen molar-refractivity contribution in [2.75, 3.05) is 13.2 Å². The zero-order valence-electron chi connectivity index (χ0n) is 7.42. The van der Waals surface area contributed by atoms with Crippen molar-refractivity contribution in [3.8, 4) is 0 Å². The van der Waals surface area contributed by atoms with Gasteiger partial charge in [0, 0.05) is 12.1 Å². The normalized spacial score (nSPS) is 22.8. The second-order valence-electron chi connectivity index (χ2n) is 3.26. The number of hydrogen-bond acceptors (Lipinski definition) is 2. The first-order chi connectivity index (χ1) is 5.66. The summed E-state index contributed by atoms with van der Waals surface area (Å²) in [5.74, 6) is -0.0217. The van der Waals surface area contributed by atoms with Gasteiger partial charge in [0.2, 0.25) is 5.91 Å². The maximum absolute atomic E-state index is 11.4. The van der Waals surface area contributed by atoms with E-state index in [-0.39, 0.29) is 18.6 Å². The number of aliphatic hydroxyl groups excluding tert-OH is 1. The van der Waals surface area contributed by atoms with E-state index < -0.39 is 0 Å². The van der Waals surface area contributed by atoms with Gasteiger partial charge in [-0.1, -0.05) is 6.58 Å². The molecule has 0 radical (unpaired) electrons. The predicted octanol–water partition coefficient (Wildman–Crippen LogP) is 0.546. The molecule has 1 amide bonds. The Balaban J connectivity index is 2.61. The highest BCUT2D eigenvalue weighted by atomic mass is 16.3. The number of rotatable bonds is 2. The molecule has 0 aromatic heterocycles. The van der Waals surface area contributed by atoms with Crippen molar-refractivity contribution in [1.29, 1.82) is 0 Å². The summed E-state index contributed by atoms with van der Waals surface area (Å²) in [6, 6.07) is 0.0224. The topological polar surface area (TPSA) is 40.5 Å². The number of carbonyl (C=O) groups excluding carboxylic acids is 1. The molecule has 0 spiro atoms. The molecule has 0 aromatic carbocycles. The van der Waals surface area contributed by atoms with Crippen LogP contribution in [-0.2, 0) is 4.79 Å². The molecule has 12 heavy (non-hydrogen) atoms. The third-order valence-corrected chi connectivity index (χ3v) is 2.21. The summed E-state index contributed by atoms with van der Waals surface area (Å²) in [5.41, 5.74) is 0.551. The van der Waals surface area contributed by atoms with Gasteiger partial charge < -0.3 is 10.0 Å². The van der Waals surface area contributed by atoms with Crippen molar-refractivity contribution in [3.05, 3.63) is 12.2 Å². The zero-order valence-corrected chi connectivity index (χ0v) is 7.42. The Hall–Kier alpha value is -0.830. The highest BCUT2D eigenvalue weighted by Gasteiger charge is 2.27. The Morgan fingerprint density at radius 3 is 2.92 bits per heavy atom. The largest absolute Gasteiger partial charge is 0.394 e. The second-order valence-corrected chi connectivity index (χ2v) is 3.26. The molecule has 1 aliphatic rings. The maximum Gasteiger partial charge on any atom is 0.249 e. The van der Waals surface area contributed by atoms with E-state index >= 15 is 0 Å². The summed E-state index contributed by atoms with van der Waals surface area (Å²) < 4.78 is 0. The van der Waals surface area contributed by atoms with Gasteiger partial charge in [0.25, 0.3) is 0 Å². The average molecular weight is 169 g/mol. The lowest BCUT2D eigenvalue weighted by atomic mass is 10.2. The molecule has 0 saturated carbocycles. The van der Waals surface area contributed by atoms with Crippen LogP contribution in [0.1, 0.15) is 19.8 Å². The summed E-state index contributed by atoms with van der Waals surface area (Å²) in [5, 5.41) is 8.94. The van der Waals surface area contributed by atoms with Gasteiger partial charge in [-0.05, 0) is 19.8 Å². The summed E-state index contributed by atoms with van der Waals surface area (Å²) in [7, 11) is 0. The lowest BCUT2D eigenvalue weighted by Crippen LogP contribution is -2.37. The van der Waals surface area contributed by atoms with Gasteiger partial charge in [0.05, 0.1) is 12.6 Å². The van der Waals surface area contributed by atoms with Gasteiger partial charge in [0.1, 0.15) is 0 Å². The van der Waals surface area contributed by atoms with E-state index in [1.54, 1.807) is 11.8 Å². The summed E-state index contributed by atoms with van der Waals surface area (Å²) in [4.78, 5) is 13.1. The molecule has 0 aliphatic carbocycles. The maximum atomic E-state index is 11.4.